The Labute approximate surface area is 188 Å². The molecule has 1 aromatic heterocycles. The molecule has 0 bridgehead atoms. The van der Waals surface area contributed by atoms with Gasteiger partial charge in [0.15, 0.2) is 0 Å². The molecule has 2 aliphatic rings. The summed E-state index contributed by atoms with van der Waals surface area (Å²) in [6.45, 7) is 5.43. The van der Waals surface area contributed by atoms with E-state index >= 15 is 0 Å². The molecule has 4 rings (SSSR count). The number of benzene rings is 1. The number of hydrogen-bond donors (Lipinski definition) is 3. The summed E-state index contributed by atoms with van der Waals surface area (Å²) in [6, 6.07) is 6.35. The van der Waals surface area contributed by atoms with Crippen LogP contribution in [-0.4, -0.2) is 74.0 Å². The maximum absolute atomic E-state index is 8.92. The monoisotopic (exact) mass is 441 g/mol. The molecule has 2 fully saturated rings. The summed E-state index contributed by atoms with van der Waals surface area (Å²) < 4.78 is 16.4. The Kier molecular flexibility index (Phi) is 7.19. The first-order valence-electron chi connectivity index (χ1n) is 11.0. The Morgan fingerprint density at radius 2 is 2.03 bits per heavy atom. The summed E-state index contributed by atoms with van der Waals surface area (Å²) in [4.78, 5) is 11.0. The summed E-state index contributed by atoms with van der Waals surface area (Å²) >= 11 is 0. The fraction of sp³-hybridized carbons (Fsp3) is 0.522. The second-order valence-electron chi connectivity index (χ2n) is 8.17. The summed E-state index contributed by atoms with van der Waals surface area (Å²) in [5.74, 6) is 1.81. The van der Waals surface area contributed by atoms with Gasteiger partial charge in [-0.3, -0.25) is 0 Å². The van der Waals surface area contributed by atoms with Gasteiger partial charge in [-0.05, 0) is 48.9 Å². The highest BCUT2D eigenvalue weighted by atomic mass is 16.5. The van der Waals surface area contributed by atoms with Gasteiger partial charge in [0.1, 0.15) is 11.6 Å². The predicted molar refractivity (Wildman–Crippen MR) is 123 cm³/mol. The number of nitrogens with one attached hydrogen (secondary N) is 2. The molecule has 9 heteroatoms. The van der Waals surface area contributed by atoms with Gasteiger partial charge in [-0.2, -0.15) is 9.97 Å². The Morgan fingerprint density at radius 1 is 1.25 bits per heavy atom. The molecule has 0 amide bonds. The van der Waals surface area contributed by atoms with Gasteiger partial charge in [0.05, 0.1) is 26.4 Å². The Bertz CT molecular complexity index is 942. The fourth-order valence-corrected chi connectivity index (χ4v) is 4.24. The second-order valence-corrected chi connectivity index (χ2v) is 8.17. The largest absolute Gasteiger partial charge is 0.467 e. The highest BCUT2D eigenvalue weighted by Gasteiger charge is 2.29. The summed E-state index contributed by atoms with van der Waals surface area (Å²) in [7, 11) is 1.55. The Balaban J connectivity index is 1.57. The minimum Gasteiger partial charge on any atom is -0.467 e. The third kappa shape index (κ3) is 5.01. The number of ether oxygens (including phenoxy) is 3. The highest BCUT2D eigenvalue weighted by Crippen LogP contribution is 2.34. The molecule has 0 saturated carbocycles. The van der Waals surface area contributed by atoms with E-state index in [1.54, 1.807) is 7.11 Å². The lowest BCUT2D eigenvalue weighted by Gasteiger charge is -2.39. The number of aryl methyl sites for hydroxylation is 1. The van der Waals surface area contributed by atoms with E-state index in [4.69, 9.17) is 24.7 Å². The van der Waals surface area contributed by atoms with Crippen molar-refractivity contribution in [2.24, 2.45) is 0 Å². The van der Waals surface area contributed by atoms with Crippen molar-refractivity contribution in [1.29, 1.82) is 5.41 Å². The van der Waals surface area contributed by atoms with Gasteiger partial charge in [-0.1, -0.05) is 0 Å². The van der Waals surface area contributed by atoms with Crippen LogP contribution in [0.5, 0.6) is 6.01 Å². The number of aliphatic hydroxyl groups excluding tert-OH is 1. The first kappa shape index (κ1) is 22.4. The lowest BCUT2D eigenvalue weighted by atomic mass is 9.87. The smallest absolute Gasteiger partial charge is 0.320 e. The number of hydrogen-bond acceptors (Lipinski definition) is 9. The van der Waals surface area contributed by atoms with E-state index in [1.165, 1.54) is 17.3 Å². The molecular formula is C23H31N5O4. The minimum absolute atomic E-state index is 0.0215. The molecule has 3 heterocycles. The molecule has 3 N–H and O–H groups in total. The van der Waals surface area contributed by atoms with Crippen molar-refractivity contribution in [3.05, 3.63) is 34.9 Å². The molecule has 1 aromatic carbocycles. The predicted octanol–water partition coefficient (Wildman–Crippen LogP) is 2.63. The number of methoxy groups -OCH3 is 1. The molecule has 0 aliphatic carbocycles. The normalized spacial score (nSPS) is 17.2. The van der Waals surface area contributed by atoms with E-state index in [1.807, 2.05) is 6.07 Å². The van der Waals surface area contributed by atoms with Gasteiger partial charge in [0.2, 0.25) is 0 Å². The van der Waals surface area contributed by atoms with Gasteiger partial charge < -0.3 is 34.9 Å². The van der Waals surface area contributed by atoms with E-state index in [9.17, 15) is 0 Å². The average Bonchev–Trinajstić information content (AvgIpc) is 2.79. The molecular weight excluding hydrogens is 410 g/mol. The first-order chi connectivity index (χ1) is 15.6. The molecule has 0 radical (unpaired) electrons. The quantitative estimate of drug-likeness (QED) is 0.509. The molecule has 32 heavy (non-hydrogen) atoms. The summed E-state index contributed by atoms with van der Waals surface area (Å²) in [6.07, 6.45) is 3.46. The number of anilines is 3. The van der Waals surface area contributed by atoms with Crippen molar-refractivity contribution in [1.82, 2.24) is 9.97 Å². The Morgan fingerprint density at radius 3 is 2.72 bits per heavy atom. The molecule has 9 nitrogen and oxygen atoms in total. The van der Waals surface area contributed by atoms with E-state index in [-0.39, 0.29) is 18.7 Å². The first-order valence-corrected chi connectivity index (χ1v) is 11.0. The SMILES string of the molecule is COc1nc(Nc2cc(C3CCOCC3)c(C)cc2C=N)cc(N2CC(OCCO)C2)n1. The average molecular weight is 442 g/mol. The zero-order chi connectivity index (χ0) is 22.5. The molecule has 2 aromatic rings. The number of aromatic nitrogens is 2. The van der Waals surface area contributed by atoms with Crippen molar-refractivity contribution in [2.75, 3.05) is 56.8 Å². The van der Waals surface area contributed by atoms with E-state index < -0.39 is 0 Å². The zero-order valence-electron chi connectivity index (χ0n) is 18.6. The number of aliphatic hydroxyl groups is 1. The fourth-order valence-electron chi connectivity index (χ4n) is 4.24. The van der Waals surface area contributed by atoms with E-state index in [2.05, 4.69) is 39.2 Å². The second kappa shape index (κ2) is 10.2. The van der Waals surface area contributed by atoms with Crippen LogP contribution < -0.4 is 15.0 Å². The molecule has 0 unspecified atom stereocenters. The summed E-state index contributed by atoms with van der Waals surface area (Å²) in [5, 5.41) is 20.2. The van der Waals surface area contributed by atoms with Crippen LogP contribution >= 0.6 is 0 Å². The van der Waals surface area contributed by atoms with Crippen LogP contribution in [0.25, 0.3) is 0 Å². The van der Waals surface area contributed by atoms with Crippen LogP contribution in [-0.2, 0) is 9.47 Å². The van der Waals surface area contributed by atoms with Crippen molar-refractivity contribution in [3.63, 3.8) is 0 Å². The van der Waals surface area contributed by atoms with Gasteiger partial charge >= 0.3 is 6.01 Å². The van der Waals surface area contributed by atoms with Crippen LogP contribution in [0, 0.1) is 12.3 Å². The third-order valence-corrected chi connectivity index (χ3v) is 6.01. The van der Waals surface area contributed by atoms with Crippen LogP contribution in [0.15, 0.2) is 18.2 Å². The van der Waals surface area contributed by atoms with Crippen LogP contribution in [0.2, 0.25) is 0 Å². The maximum atomic E-state index is 8.92. The molecule has 0 atom stereocenters. The number of nitrogens with zero attached hydrogens (tertiary/aromatic N) is 3. The molecule has 2 aliphatic heterocycles. The minimum atomic E-state index is 0.0215. The molecule has 172 valence electrons. The van der Waals surface area contributed by atoms with Crippen LogP contribution in [0.4, 0.5) is 17.3 Å². The van der Waals surface area contributed by atoms with Crippen molar-refractivity contribution < 1.29 is 19.3 Å². The van der Waals surface area contributed by atoms with Crippen LogP contribution in [0.3, 0.4) is 0 Å². The number of rotatable bonds is 9. The Hall–Kier alpha value is -2.75. The maximum Gasteiger partial charge on any atom is 0.320 e. The topological polar surface area (TPSA) is 113 Å². The zero-order valence-corrected chi connectivity index (χ0v) is 18.6. The van der Waals surface area contributed by atoms with Crippen molar-refractivity contribution >= 4 is 23.5 Å². The van der Waals surface area contributed by atoms with Crippen molar-refractivity contribution in [2.45, 2.75) is 31.8 Å². The van der Waals surface area contributed by atoms with Gasteiger partial charge in [-0.25, -0.2) is 0 Å². The lowest BCUT2D eigenvalue weighted by molar-refractivity contribution is 0.0132. The highest BCUT2D eigenvalue weighted by molar-refractivity contribution is 5.88. The van der Waals surface area contributed by atoms with Gasteiger partial charge in [-0.15, -0.1) is 0 Å². The van der Waals surface area contributed by atoms with Crippen molar-refractivity contribution in [3.8, 4) is 6.01 Å². The molecule has 2 saturated heterocycles. The van der Waals surface area contributed by atoms with Crippen LogP contribution in [0.1, 0.15) is 35.4 Å². The summed E-state index contributed by atoms with van der Waals surface area (Å²) in [5.41, 5.74) is 4.12. The van der Waals surface area contributed by atoms with E-state index in [0.717, 1.165) is 43.1 Å². The van der Waals surface area contributed by atoms with E-state index in [0.29, 0.717) is 31.4 Å². The van der Waals surface area contributed by atoms with Gasteiger partial charge in [0, 0.05) is 49.8 Å². The standard InChI is InChI=1S/C23H31N5O4/c1-15-9-17(12-24)20(10-19(15)16-3-6-31-7-4-16)25-21-11-22(27-23(26-21)30-2)28-13-18(14-28)32-8-5-29/h9-12,16,18,24,29H,3-8,13-14H2,1-2H3,(H,25,26,27). The van der Waals surface area contributed by atoms with Gasteiger partial charge in [0.25, 0.3) is 0 Å². The molecule has 0 spiro atoms. The lowest BCUT2D eigenvalue weighted by Crippen LogP contribution is -2.53. The third-order valence-electron chi connectivity index (χ3n) is 6.01.